The van der Waals surface area contributed by atoms with E-state index in [1.54, 1.807) is 16.7 Å². The summed E-state index contributed by atoms with van der Waals surface area (Å²) < 4.78 is 1.71. The molecule has 0 saturated heterocycles. The zero-order chi connectivity index (χ0) is 19.1. The fourth-order valence-electron chi connectivity index (χ4n) is 3.39. The van der Waals surface area contributed by atoms with E-state index in [1.165, 1.54) is 0 Å². The normalized spacial score (nSPS) is 11.3. The van der Waals surface area contributed by atoms with Crippen LogP contribution in [0.2, 0.25) is 10.0 Å². The van der Waals surface area contributed by atoms with E-state index >= 15 is 0 Å². The molecule has 2 aromatic heterocycles. The lowest BCUT2D eigenvalue weighted by molar-refractivity contribution is 0.447. The zero-order valence-corrected chi connectivity index (χ0v) is 16.1. The smallest absolute Gasteiger partial charge is 0.223 e. The Morgan fingerprint density at radius 2 is 1.85 bits per heavy atom. The van der Waals surface area contributed by atoms with Gasteiger partial charge in [0.05, 0.1) is 0 Å². The molecule has 27 heavy (non-hydrogen) atoms. The second-order valence-corrected chi connectivity index (χ2v) is 7.14. The Morgan fingerprint density at radius 1 is 1.11 bits per heavy atom. The minimum atomic E-state index is 0.0780. The van der Waals surface area contributed by atoms with Gasteiger partial charge in [0.2, 0.25) is 5.88 Å². The third-order valence-electron chi connectivity index (χ3n) is 4.68. The first-order chi connectivity index (χ1) is 13.0. The minimum Gasteiger partial charge on any atom is -0.493 e. The zero-order valence-electron chi connectivity index (χ0n) is 14.6. The van der Waals surface area contributed by atoms with Gasteiger partial charge in [-0.25, -0.2) is 4.98 Å². The van der Waals surface area contributed by atoms with Crippen LogP contribution in [-0.4, -0.2) is 14.7 Å². The number of nitrogens with two attached hydrogens (primary N) is 1. The lowest BCUT2D eigenvalue weighted by atomic mass is 9.96. The molecule has 6 heteroatoms. The highest BCUT2D eigenvalue weighted by molar-refractivity contribution is 6.36. The van der Waals surface area contributed by atoms with E-state index in [9.17, 15) is 5.11 Å². The van der Waals surface area contributed by atoms with Gasteiger partial charge >= 0.3 is 0 Å². The first-order valence-corrected chi connectivity index (χ1v) is 9.21. The lowest BCUT2D eigenvalue weighted by Gasteiger charge is -2.14. The number of pyridine rings is 1. The van der Waals surface area contributed by atoms with Gasteiger partial charge in [0, 0.05) is 50.7 Å². The summed E-state index contributed by atoms with van der Waals surface area (Å²) in [5.74, 6) is 0.0780. The average molecular weight is 398 g/mol. The highest BCUT2D eigenvalue weighted by Gasteiger charge is 2.21. The van der Waals surface area contributed by atoms with E-state index in [2.05, 4.69) is 4.98 Å². The first kappa shape index (κ1) is 17.9. The average Bonchev–Trinajstić information content (AvgIpc) is 2.98. The van der Waals surface area contributed by atoms with Gasteiger partial charge in [0.1, 0.15) is 5.52 Å². The fraction of sp³-hybridized carbons (Fsp3) is 0.0952. The maximum atomic E-state index is 10.8. The standard InChI is InChI=1S/C21H17Cl2N3O/c1-12-16(10-24)19(15-8-7-13(22)9-18(15)23)17-11-26(21(27)20(17)25-12)14-5-3-2-4-6-14/h2-9,11,27H,10,24H2,1H3. The van der Waals surface area contributed by atoms with Crippen molar-refractivity contribution in [2.24, 2.45) is 5.73 Å². The van der Waals surface area contributed by atoms with Gasteiger partial charge in [0.15, 0.2) is 0 Å². The van der Waals surface area contributed by atoms with Crippen LogP contribution in [0.3, 0.4) is 0 Å². The van der Waals surface area contributed by atoms with Crippen LogP contribution in [0.4, 0.5) is 0 Å². The molecule has 0 aliphatic carbocycles. The number of hydrogen-bond acceptors (Lipinski definition) is 3. The van der Waals surface area contributed by atoms with Gasteiger partial charge in [-0.15, -0.1) is 0 Å². The molecule has 136 valence electrons. The molecule has 2 heterocycles. The molecule has 0 fully saturated rings. The van der Waals surface area contributed by atoms with Crippen molar-refractivity contribution in [2.45, 2.75) is 13.5 Å². The van der Waals surface area contributed by atoms with Crippen LogP contribution in [-0.2, 0) is 6.54 Å². The number of benzene rings is 2. The van der Waals surface area contributed by atoms with E-state index in [-0.39, 0.29) is 5.88 Å². The van der Waals surface area contributed by atoms with Crippen LogP contribution in [0.1, 0.15) is 11.3 Å². The summed E-state index contributed by atoms with van der Waals surface area (Å²) in [6.45, 7) is 2.19. The highest BCUT2D eigenvalue weighted by atomic mass is 35.5. The van der Waals surface area contributed by atoms with Crippen molar-refractivity contribution in [2.75, 3.05) is 0 Å². The van der Waals surface area contributed by atoms with Crippen LogP contribution in [0.5, 0.6) is 5.88 Å². The molecule has 0 unspecified atom stereocenters. The van der Waals surface area contributed by atoms with Gasteiger partial charge in [-0.3, -0.25) is 4.57 Å². The van der Waals surface area contributed by atoms with Crippen LogP contribution in [0, 0.1) is 6.92 Å². The Morgan fingerprint density at radius 3 is 2.52 bits per heavy atom. The fourth-order valence-corrected chi connectivity index (χ4v) is 3.90. The van der Waals surface area contributed by atoms with Crippen molar-refractivity contribution in [3.8, 4) is 22.7 Å². The van der Waals surface area contributed by atoms with Crippen LogP contribution >= 0.6 is 23.2 Å². The Kier molecular flexibility index (Phi) is 4.56. The van der Waals surface area contributed by atoms with Crippen molar-refractivity contribution < 1.29 is 5.11 Å². The van der Waals surface area contributed by atoms with Crippen LogP contribution < -0.4 is 5.73 Å². The monoisotopic (exact) mass is 397 g/mol. The number of hydrogen-bond donors (Lipinski definition) is 2. The molecule has 0 amide bonds. The van der Waals surface area contributed by atoms with Crippen molar-refractivity contribution in [1.29, 1.82) is 0 Å². The number of aromatic nitrogens is 2. The van der Waals surface area contributed by atoms with Gasteiger partial charge in [-0.2, -0.15) is 0 Å². The molecule has 0 aliphatic rings. The third kappa shape index (κ3) is 2.96. The Hall–Kier alpha value is -2.53. The maximum Gasteiger partial charge on any atom is 0.223 e. The Balaban J connectivity index is 2.10. The number of aryl methyl sites for hydroxylation is 1. The molecule has 0 spiro atoms. The molecule has 0 aliphatic heterocycles. The minimum absolute atomic E-state index is 0.0780. The Labute approximate surface area is 166 Å². The van der Waals surface area contributed by atoms with Crippen LogP contribution in [0.15, 0.2) is 54.7 Å². The summed E-state index contributed by atoms with van der Waals surface area (Å²) in [4.78, 5) is 4.61. The molecular weight excluding hydrogens is 381 g/mol. The molecule has 2 aromatic carbocycles. The second-order valence-electron chi connectivity index (χ2n) is 6.30. The first-order valence-electron chi connectivity index (χ1n) is 8.45. The largest absolute Gasteiger partial charge is 0.493 e. The molecule has 3 N–H and O–H groups in total. The number of nitrogens with zero attached hydrogens (tertiary/aromatic N) is 2. The highest BCUT2D eigenvalue weighted by Crippen LogP contribution is 2.41. The molecule has 0 saturated carbocycles. The van der Waals surface area contributed by atoms with Gasteiger partial charge < -0.3 is 10.8 Å². The van der Waals surface area contributed by atoms with E-state index in [4.69, 9.17) is 28.9 Å². The summed E-state index contributed by atoms with van der Waals surface area (Å²) >= 11 is 12.6. The summed E-state index contributed by atoms with van der Waals surface area (Å²) in [5.41, 5.74) is 10.7. The van der Waals surface area contributed by atoms with Gasteiger partial charge in [0.25, 0.3) is 0 Å². The number of halogens is 2. The van der Waals surface area contributed by atoms with Gasteiger partial charge in [-0.05, 0) is 36.8 Å². The van der Waals surface area contributed by atoms with Crippen molar-refractivity contribution in [3.05, 3.63) is 76.0 Å². The predicted molar refractivity (Wildman–Crippen MR) is 111 cm³/mol. The molecule has 0 atom stereocenters. The molecule has 4 nitrogen and oxygen atoms in total. The molecule has 0 radical (unpaired) electrons. The van der Waals surface area contributed by atoms with E-state index in [0.29, 0.717) is 22.1 Å². The predicted octanol–water partition coefficient (Wildman–Crippen LogP) is 5.47. The number of rotatable bonds is 3. The van der Waals surface area contributed by atoms with E-state index in [1.807, 2.05) is 49.5 Å². The SMILES string of the molecule is Cc1nc2c(O)n(-c3ccccc3)cc2c(-c2ccc(Cl)cc2Cl)c1CN. The molecule has 4 aromatic rings. The quantitative estimate of drug-likeness (QED) is 0.481. The van der Waals surface area contributed by atoms with Crippen molar-refractivity contribution >= 4 is 34.1 Å². The third-order valence-corrected chi connectivity index (χ3v) is 5.23. The maximum absolute atomic E-state index is 10.8. The van der Waals surface area contributed by atoms with E-state index < -0.39 is 0 Å². The lowest BCUT2D eigenvalue weighted by Crippen LogP contribution is -2.04. The van der Waals surface area contributed by atoms with E-state index in [0.717, 1.165) is 33.5 Å². The topological polar surface area (TPSA) is 64.1 Å². The summed E-state index contributed by atoms with van der Waals surface area (Å²) in [6, 6.07) is 15.0. The Bertz CT molecular complexity index is 1150. The number of para-hydroxylation sites is 1. The number of aromatic hydroxyl groups is 1. The van der Waals surface area contributed by atoms with Crippen molar-refractivity contribution in [1.82, 2.24) is 9.55 Å². The number of fused-ring (bicyclic) bond motifs is 1. The van der Waals surface area contributed by atoms with Crippen molar-refractivity contribution in [3.63, 3.8) is 0 Å². The molecule has 0 bridgehead atoms. The molecular formula is C21H17Cl2N3O. The van der Waals surface area contributed by atoms with Crippen LogP contribution in [0.25, 0.3) is 27.7 Å². The molecule has 4 rings (SSSR count). The summed E-state index contributed by atoms with van der Waals surface area (Å²) in [5, 5.41) is 12.7. The summed E-state index contributed by atoms with van der Waals surface area (Å²) in [6.07, 6.45) is 1.87. The van der Waals surface area contributed by atoms with Gasteiger partial charge in [-0.1, -0.05) is 47.5 Å². The second kappa shape index (κ2) is 6.89. The summed E-state index contributed by atoms with van der Waals surface area (Å²) in [7, 11) is 0.